The van der Waals surface area contributed by atoms with Gasteiger partial charge in [0.15, 0.2) is 0 Å². The third-order valence-corrected chi connectivity index (χ3v) is 1.49. The van der Waals surface area contributed by atoms with E-state index in [1.54, 1.807) is 18.3 Å². The lowest BCUT2D eigenvalue weighted by atomic mass is 10.2. The molecule has 1 heterocycles. The number of H-pyrrole nitrogens is 1. The minimum absolute atomic E-state index is 0.277. The van der Waals surface area contributed by atoms with Crippen LogP contribution in [0.2, 0.25) is 0 Å². The van der Waals surface area contributed by atoms with Gasteiger partial charge in [-0.15, -0.1) is 0 Å². The second-order valence-corrected chi connectivity index (χ2v) is 2.13. The highest BCUT2D eigenvalue weighted by atomic mass is 16.3. The SMILES string of the molecule is Oc1cccc2[nH]c[c]c12. The molecule has 0 bridgehead atoms. The molecular formula is C8H6NO. The van der Waals surface area contributed by atoms with Gasteiger partial charge in [0, 0.05) is 23.2 Å². The second-order valence-electron chi connectivity index (χ2n) is 2.13. The summed E-state index contributed by atoms with van der Waals surface area (Å²) in [6.07, 6.45) is 1.68. The molecular weight excluding hydrogens is 126 g/mol. The molecule has 0 atom stereocenters. The van der Waals surface area contributed by atoms with E-state index in [4.69, 9.17) is 0 Å². The molecule has 2 rings (SSSR count). The third kappa shape index (κ3) is 0.589. The summed E-state index contributed by atoms with van der Waals surface area (Å²) in [7, 11) is 0. The lowest BCUT2D eigenvalue weighted by molar-refractivity contribution is 0.481. The Labute approximate surface area is 58.1 Å². The largest absolute Gasteiger partial charge is 0.507 e. The molecule has 0 aliphatic rings. The maximum Gasteiger partial charge on any atom is 0.125 e. The first-order valence-electron chi connectivity index (χ1n) is 3.04. The van der Waals surface area contributed by atoms with Crippen LogP contribution in [0.4, 0.5) is 0 Å². The maximum atomic E-state index is 9.21. The van der Waals surface area contributed by atoms with E-state index in [1.165, 1.54) is 0 Å². The van der Waals surface area contributed by atoms with Crippen LogP contribution in [0.5, 0.6) is 5.75 Å². The molecule has 2 aromatic rings. The molecule has 0 aliphatic carbocycles. The van der Waals surface area contributed by atoms with Gasteiger partial charge in [-0.3, -0.25) is 0 Å². The summed E-state index contributed by atoms with van der Waals surface area (Å²) in [5.41, 5.74) is 0.917. The van der Waals surface area contributed by atoms with E-state index in [2.05, 4.69) is 11.1 Å². The lowest BCUT2D eigenvalue weighted by Crippen LogP contribution is -1.66. The number of benzene rings is 1. The molecule has 1 aromatic carbocycles. The minimum Gasteiger partial charge on any atom is -0.507 e. The number of rotatable bonds is 0. The van der Waals surface area contributed by atoms with Crippen LogP contribution in [0.1, 0.15) is 0 Å². The zero-order chi connectivity index (χ0) is 6.97. The molecule has 0 aliphatic heterocycles. The summed E-state index contributed by atoms with van der Waals surface area (Å²) in [4.78, 5) is 2.94. The Morgan fingerprint density at radius 2 is 2.30 bits per heavy atom. The summed E-state index contributed by atoms with van der Waals surface area (Å²) in [6, 6.07) is 8.22. The third-order valence-electron chi connectivity index (χ3n) is 1.49. The number of hydrogen-bond donors (Lipinski definition) is 2. The van der Waals surface area contributed by atoms with Crippen LogP contribution in [-0.2, 0) is 0 Å². The van der Waals surface area contributed by atoms with Crippen LogP contribution < -0.4 is 0 Å². The number of aromatic nitrogens is 1. The van der Waals surface area contributed by atoms with Gasteiger partial charge in [-0.1, -0.05) is 6.07 Å². The standard InChI is InChI=1S/C8H6NO/c10-8-3-1-2-7-6(8)4-5-9-7/h1-3,5,9-10H. The predicted octanol–water partition coefficient (Wildman–Crippen LogP) is 1.67. The minimum atomic E-state index is 0.277. The first-order chi connectivity index (χ1) is 4.88. The molecule has 2 N–H and O–H groups in total. The number of aromatic amines is 1. The van der Waals surface area contributed by atoms with E-state index in [0.717, 1.165) is 10.9 Å². The van der Waals surface area contributed by atoms with Gasteiger partial charge in [-0.05, 0) is 12.1 Å². The molecule has 0 unspecified atom stereocenters. The highest BCUT2D eigenvalue weighted by molar-refractivity contribution is 5.84. The van der Waals surface area contributed by atoms with Gasteiger partial charge >= 0.3 is 0 Å². The van der Waals surface area contributed by atoms with Gasteiger partial charge in [0.25, 0.3) is 0 Å². The van der Waals surface area contributed by atoms with Crippen molar-refractivity contribution in [3.05, 3.63) is 30.5 Å². The Bertz CT molecular complexity index is 351. The van der Waals surface area contributed by atoms with E-state index in [0.29, 0.717) is 0 Å². The molecule has 49 valence electrons. The lowest BCUT2D eigenvalue weighted by Gasteiger charge is -1.90. The maximum absolute atomic E-state index is 9.21. The van der Waals surface area contributed by atoms with Crippen LogP contribution >= 0.6 is 0 Å². The topological polar surface area (TPSA) is 36.0 Å². The fraction of sp³-hybridized carbons (Fsp3) is 0. The second kappa shape index (κ2) is 1.77. The summed E-state index contributed by atoms with van der Waals surface area (Å²) < 4.78 is 0. The van der Waals surface area contributed by atoms with Crippen molar-refractivity contribution in [1.82, 2.24) is 4.98 Å². The smallest absolute Gasteiger partial charge is 0.125 e. The Morgan fingerprint density at radius 1 is 1.40 bits per heavy atom. The molecule has 1 radical (unpaired) electrons. The zero-order valence-electron chi connectivity index (χ0n) is 5.26. The number of hydrogen-bond acceptors (Lipinski definition) is 1. The van der Waals surface area contributed by atoms with Crippen LogP contribution in [-0.4, -0.2) is 10.1 Å². The Kier molecular flexibility index (Phi) is 0.947. The summed E-state index contributed by atoms with van der Waals surface area (Å²) >= 11 is 0. The molecule has 2 heteroatoms. The van der Waals surface area contributed by atoms with Crippen molar-refractivity contribution in [3.63, 3.8) is 0 Å². The van der Waals surface area contributed by atoms with Crippen molar-refractivity contribution >= 4 is 10.9 Å². The molecule has 2 nitrogen and oxygen atoms in total. The van der Waals surface area contributed by atoms with E-state index in [-0.39, 0.29) is 5.75 Å². The van der Waals surface area contributed by atoms with E-state index >= 15 is 0 Å². The van der Waals surface area contributed by atoms with E-state index in [9.17, 15) is 5.11 Å². The van der Waals surface area contributed by atoms with Crippen LogP contribution in [0, 0.1) is 6.07 Å². The number of aromatic hydroxyl groups is 1. The van der Waals surface area contributed by atoms with Crippen molar-refractivity contribution in [2.45, 2.75) is 0 Å². The molecule has 0 spiro atoms. The van der Waals surface area contributed by atoms with Crippen LogP contribution in [0.3, 0.4) is 0 Å². The Morgan fingerprint density at radius 3 is 3.10 bits per heavy atom. The van der Waals surface area contributed by atoms with Gasteiger partial charge in [0.2, 0.25) is 0 Å². The highest BCUT2D eigenvalue weighted by Gasteiger charge is 1.96. The fourth-order valence-corrected chi connectivity index (χ4v) is 0.998. The van der Waals surface area contributed by atoms with Crippen LogP contribution in [0.15, 0.2) is 24.4 Å². The van der Waals surface area contributed by atoms with Gasteiger partial charge in [-0.2, -0.15) is 0 Å². The first kappa shape index (κ1) is 5.35. The summed E-state index contributed by atoms with van der Waals surface area (Å²) in [5.74, 6) is 0.277. The zero-order valence-corrected chi connectivity index (χ0v) is 5.26. The van der Waals surface area contributed by atoms with Gasteiger partial charge in [0.1, 0.15) is 5.75 Å². The van der Waals surface area contributed by atoms with E-state index < -0.39 is 0 Å². The number of fused-ring (bicyclic) bond motifs is 1. The molecule has 1 aromatic heterocycles. The predicted molar refractivity (Wildman–Crippen MR) is 38.8 cm³/mol. The summed E-state index contributed by atoms with van der Waals surface area (Å²) in [5, 5.41) is 9.96. The van der Waals surface area contributed by atoms with Gasteiger partial charge in [-0.25, -0.2) is 0 Å². The quantitative estimate of drug-likeness (QED) is 0.562. The first-order valence-corrected chi connectivity index (χ1v) is 3.04. The molecule has 0 fully saturated rings. The average molecular weight is 132 g/mol. The Balaban J connectivity index is 2.95. The van der Waals surface area contributed by atoms with Gasteiger partial charge < -0.3 is 10.1 Å². The molecule has 10 heavy (non-hydrogen) atoms. The number of nitrogens with one attached hydrogen (secondary N) is 1. The van der Waals surface area contributed by atoms with Crippen molar-refractivity contribution < 1.29 is 5.11 Å². The Hall–Kier alpha value is -1.44. The van der Waals surface area contributed by atoms with Crippen molar-refractivity contribution in [2.24, 2.45) is 0 Å². The van der Waals surface area contributed by atoms with Gasteiger partial charge in [0.05, 0.1) is 0 Å². The number of phenolic OH excluding ortho intramolecular Hbond substituents is 1. The fourth-order valence-electron chi connectivity index (χ4n) is 0.998. The van der Waals surface area contributed by atoms with Crippen LogP contribution in [0.25, 0.3) is 10.9 Å². The highest BCUT2D eigenvalue weighted by Crippen LogP contribution is 2.21. The average Bonchev–Trinajstić information content (AvgIpc) is 2.36. The monoisotopic (exact) mass is 132 g/mol. The normalized spacial score (nSPS) is 10.4. The van der Waals surface area contributed by atoms with Crippen molar-refractivity contribution in [3.8, 4) is 5.75 Å². The molecule has 0 saturated carbocycles. The number of phenols is 1. The summed E-state index contributed by atoms with van der Waals surface area (Å²) in [6.45, 7) is 0. The van der Waals surface area contributed by atoms with E-state index in [1.807, 2.05) is 6.07 Å². The van der Waals surface area contributed by atoms with Crippen molar-refractivity contribution in [2.75, 3.05) is 0 Å². The molecule has 0 amide bonds. The molecule has 0 saturated heterocycles. The van der Waals surface area contributed by atoms with Crippen molar-refractivity contribution in [1.29, 1.82) is 0 Å².